The molecule has 0 aliphatic carbocycles. The molecule has 124 valence electrons. The van der Waals surface area contributed by atoms with Crippen LogP contribution in [0.4, 0.5) is 0 Å². The summed E-state index contributed by atoms with van der Waals surface area (Å²) in [6.07, 6.45) is -1.94. The summed E-state index contributed by atoms with van der Waals surface area (Å²) in [5.41, 5.74) is 0.429. The standard InChI is InChI=1S/C16H18O7/c1-10(17)21-14-8-13(23-16(14)22-11(2)18)9-20-15(19)12-6-4-3-5-7-12/h3-7,13-14,16H,8-9H2,1-2H3. The van der Waals surface area contributed by atoms with E-state index in [2.05, 4.69) is 0 Å². The van der Waals surface area contributed by atoms with Crippen LogP contribution in [0.3, 0.4) is 0 Å². The molecule has 1 saturated heterocycles. The van der Waals surface area contributed by atoms with Crippen LogP contribution in [0.25, 0.3) is 0 Å². The maximum atomic E-state index is 11.9. The highest BCUT2D eigenvalue weighted by Crippen LogP contribution is 2.25. The van der Waals surface area contributed by atoms with Gasteiger partial charge in [0.15, 0.2) is 6.10 Å². The van der Waals surface area contributed by atoms with Crippen molar-refractivity contribution in [2.24, 2.45) is 0 Å². The van der Waals surface area contributed by atoms with Crippen LogP contribution in [0.5, 0.6) is 0 Å². The molecule has 0 N–H and O–H groups in total. The van der Waals surface area contributed by atoms with E-state index in [4.69, 9.17) is 18.9 Å². The van der Waals surface area contributed by atoms with E-state index in [1.54, 1.807) is 30.3 Å². The molecule has 0 amide bonds. The Balaban J connectivity index is 1.89. The molecule has 7 nitrogen and oxygen atoms in total. The molecular weight excluding hydrogens is 304 g/mol. The van der Waals surface area contributed by atoms with E-state index in [9.17, 15) is 14.4 Å². The van der Waals surface area contributed by atoms with Crippen molar-refractivity contribution in [2.75, 3.05) is 6.61 Å². The molecule has 1 aliphatic rings. The molecule has 2 rings (SSSR count). The number of rotatable bonds is 5. The van der Waals surface area contributed by atoms with E-state index in [1.807, 2.05) is 0 Å². The minimum Gasteiger partial charge on any atom is -0.459 e. The molecule has 1 heterocycles. The Kier molecular flexibility index (Phi) is 5.70. The molecule has 23 heavy (non-hydrogen) atoms. The van der Waals surface area contributed by atoms with Crippen LogP contribution in [-0.4, -0.2) is 43.0 Å². The van der Waals surface area contributed by atoms with Crippen molar-refractivity contribution >= 4 is 17.9 Å². The minimum atomic E-state index is -0.989. The topological polar surface area (TPSA) is 88.1 Å². The van der Waals surface area contributed by atoms with Crippen LogP contribution in [0.2, 0.25) is 0 Å². The number of hydrogen-bond acceptors (Lipinski definition) is 7. The molecule has 0 radical (unpaired) electrons. The molecule has 3 unspecified atom stereocenters. The maximum Gasteiger partial charge on any atom is 0.338 e. The zero-order valence-corrected chi connectivity index (χ0v) is 12.9. The summed E-state index contributed by atoms with van der Waals surface area (Å²) < 4.78 is 20.7. The van der Waals surface area contributed by atoms with Crippen LogP contribution in [-0.2, 0) is 28.5 Å². The van der Waals surface area contributed by atoms with Crippen LogP contribution >= 0.6 is 0 Å². The minimum absolute atomic E-state index is 0.0245. The average Bonchev–Trinajstić information content (AvgIpc) is 2.86. The second-order valence-electron chi connectivity index (χ2n) is 5.08. The van der Waals surface area contributed by atoms with Gasteiger partial charge in [-0.25, -0.2) is 4.79 Å². The highest BCUT2D eigenvalue weighted by molar-refractivity contribution is 5.89. The molecule has 0 saturated carbocycles. The highest BCUT2D eigenvalue weighted by Gasteiger charge is 2.40. The lowest BCUT2D eigenvalue weighted by atomic mass is 10.2. The van der Waals surface area contributed by atoms with E-state index in [0.717, 1.165) is 0 Å². The summed E-state index contributed by atoms with van der Waals surface area (Å²) in [5.74, 6) is -1.53. The molecule has 7 heteroatoms. The fraction of sp³-hybridized carbons (Fsp3) is 0.438. The molecular formula is C16H18O7. The van der Waals surface area contributed by atoms with Gasteiger partial charge >= 0.3 is 17.9 Å². The number of ether oxygens (including phenoxy) is 4. The largest absolute Gasteiger partial charge is 0.459 e. The second-order valence-corrected chi connectivity index (χ2v) is 5.08. The smallest absolute Gasteiger partial charge is 0.338 e. The van der Waals surface area contributed by atoms with Gasteiger partial charge in [-0.15, -0.1) is 0 Å². The fourth-order valence-electron chi connectivity index (χ4n) is 2.22. The Morgan fingerprint density at radius 3 is 2.35 bits per heavy atom. The van der Waals surface area contributed by atoms with Gasteiger partial charge in [0.25, 0.3) is 0 Å². The van der Waals surface area contributed by atoms with E-state index in [-0.39, 0.29) is 13.0 Å². The monoisotopic (exact) mass is 322 g/mol. The Labute approximate surface area is 133 Å². The van der Waals surface area contributed by atoms with Crippen LogP contribution in [0, 0.1) is 0 Å². The fourth-order valence-corrected chi connectivity index (χ4v) is 2.22. The first-order chi connectivity index (χ1) is 11.0. The van der Waals surface area contributed by atoms with Crippen molar-refractivity contribution in [1.29, 1.82) is 0 Å². The molecule has 0 bridgehead atoms. The Hall–Kier alpha value is -2.41. The summed E-state index contributed by atoms with van der Waals surface area (Å²) in [7, 11) is 0. The first kappa shape index (κ1) is 17.0. The third kappa shape index (κ3) is 5.07. The Morgan fingerprint density at radius 1 is 1.09 bits per heavy atom. The predicted molar refractivity (Wildman–Crippen MR) is 77.3 cm³/mol. The van der Waals surface area contributed by atoms with Gasteiger partial charge in [0.2, 0.25) is 6.29 Å². The zero-order chi connectivity index (χ0) is 16.8. The van der Waals surface area contributed by atoms with Crippen molar-refractivity contribution in [3.63, 3.8) is 0 Å². The number of hydrogen-bond donors (Lipinski definition) is 0. The van der Waals surface area contributed by atoms with E-state index >= 15 is 0 Å². The number of carbonyl (C=O) groups is 3. The lowest BCUT2D eigenvalue weighted by molar-refractivity contribution is -0.195. The molecule has 1 aromatic carbocycles. The van der Waals surface area contributed by atoms with Gasteiger partial charge < -0.3 is 18.9 Å². The van der Waals surface area contributed by atoms with Gasteiger partial charge in [-0.3, -0.25) is 9.59 Å². The Morgan fingerprint density at radius 2 is 1.74 bits per heavy atom. The van der Waals surface area contributed by atoms with E-state index < -0.39 is 36.4 Å². The predicted octanol–water partition coefficient (Wildman–Crippen LogP) is 1.45. The molecule has 1 aromatic rings. The molecule has 1 fully saturated rings. The Bertz CT molecular complexity index is 545. The molecule has 0 aromatic heterocycles. The molecule has 1 aliphatic heterocycles. The first-order valence-corrected chi connectivity index (χ1v) is 7.17. The van der Waals surface area contributed by atoms with Gasteiger partial charge in [0, 0.05) is 20.3 Å². The van der Waals surface area contributed by atoms with Gasteiger partial charge in [-0.05, 0) is 12.1 Å². The van der Waals surface area contributed by atoms with Crippen LogP contribution < -0.4 is 0 Å². The second kappa shape index (κ2) is 7.73. The zero-order valence-electron chi connectivity index (χ0n) is 12.9. The number of carbonyl (C=O) groups excluding carboxylic acids is 3. The quantitative estimate of drug-likeness (QED) is 0.599. The molecule has 3 atom stereocenters. The van der Waals surface area contributed by atoms with Crippen molar-refractivity contribution in [3.05, 3.63) is 35.9 Å². The summed E-state index contributed by atoms with van der Waals surface area (Å²) in [5, 5.41) is 0. The highest BCUT2D eigenvalue weighted by atomic mass is 16.7. The lowest BCUT2D eigenvalue weighted by Gasteiger charge is -2.17. The number of esters is 3. The van der Waals surface area contributed by atoms with Crippen molar-refractivity contribution in [3.8, 4) is 0 Å². The van der Waals surface area contributed by atoms with E-state index in [0.29, 0.717) is 5.56 Å². The third-order valence-corrected chi connectivity index (χ3v) is 3.13. The lowest BCUT2D eigenvalue weighted by Crippen LogP contribution is -2.30. The summed E-state index contributed by atoms with van der Waals surface area (Å²) >= 11 is 0. The van der Waals surface area contributed by atoms with E-state index in [1.165, 1.54) is 13.8 Å². The third-order valence-electron chi connectivity index (χ3n) is 3.13. The van der Waals surface area contributed by atoms with Crippen molar-refractivity contribution in [1.82, 2.24) is 0 Å². The number of benzene rings is 1. The SMILES string of the molecule is CC(=O)OC1CC(COC(=O)c2ccccc2)OC1OC(C)=O. The van der Waals surface area contributed by atoms with Gasteiger partial charge in [-0.2, -0.15) is 0 Å². The normalized spacial score (nSPS) is 23.1. The van der Waals surface area contributed by atoms with Gasteiger partial charge in [0.1, 0.15) is 6.61 Å². The first-order valence-electron chi connectivity index (χ1n) is 7.17. The van der Waals surface area contributed by atoms with Crippen molar-refractivity contribution in [2.45, 2.75) is 38.8 Å². The summed E-state index contributed by atoms with van der Waals surface area (Å²) in [4.78, 5) is 34.0. The van der Waals surface area contributed by atoms with Gasteiger partial charge in [0.05, 0.1) is 11.7 Å². The summed E-state index contributed by atoms with van der Waals surface area (Å²) in [6.45, 7) is 2.47. The molecule has 0 spiro atoms. The maximum absolute atomic E-state index is 11.9. The van der Waals surface area contributed by atoms with Crippen molar-refractivity contribution < 1.29 is 33.3 Å². The van der Waals surface area contributed by atoms with Crippen LogP contribution in [0.15, 0.2) is 30.3 Å². The summed E-state index contributed by atoms with van der Waals surface area (Å²) in [6, 6.07) is 8.54. The average molecular weight is 322 g/mol. The van der Waals surface area contributed by atoms with Crippen LogP contribution in [0.1, 0.15) is 30.6 Å². The van der Waals surface area contributed by atoms with Gasteiger partial charge in [-0.1, -0.05) is 18.2 Å².